The van der Waals surface area contributed by atoms with E-state index in [2.05, 4.69) is 12.2 Å². The lowest BCUT2D eigenvalue weighted by atomic mass is 10.2. The Hall–Kier alpha value is -1.75. The van der Waals surface area contributed by atoms with Crippen molar-refractivity contribution in [2.45, 2.75) is 26.3 Å². The van der Waals surface area contributed by atoms with Gasteiger partial charge in [-0.1, -0.05) is 19.4 Å². The third kappa shape index (κ3) is 5.18. The van der Waals surface area contributed by atoms with Gasteiger partial charge >= 0.3 is 0 Å². The molecule has 106 valence electrons. The van der Waals surface area contributed by atoms with Crippen LogP contribution < -0.4 is 20.5 Å². The predicted molar refractivity (Wildman–Crippen MR) is 73.1 cm³/mol. The van der Waals surface area contributed by atoms with Gasteiger partial charge < -0.3 is 20.5 Å². The molecular formula is C14H23N2O3+. The first kappa shape index (κ1) is 15.3. The second-order valence-corrected chi connectivity index (χ2v) is 4.34. The van der Waals surface area contributed by atoms with Gasteiger partial charge in [0.05, 0.1) is 19.2 Å². The summed E-state index contributed by atoms with van der Waals surface area (Å²) in [4.78, 5) is 10.8. The number of hydrogen-bond donors (Lipinski definition) is 2. The molecule has 0 saturated carbocycles. The monoisotopic (exact) mass is 267 g/mol. The van der Waals surface area contributed by atoms with Crippen LogP contribution in [0.2, 0.25) is 0 Å². The molecule has 0 unspecified atom stereocenters. The Labute approximate surface area is 114 Å². The third-order valence-corrected chi connectivity index (χ3v) is 2.77. The molecule has 1 rings (SSSR count). The molecule has 4 N–H and O–H groups in total. The molecule has 0 aliphatic rings. The summed E-state index contributed by atoms with van der Waals surface area (Å²) >= 11 is 0. The SMILES string of the molecule is CCCC[NH2+]Cc1cccc(OC)c1OCC(N)=O. The van der Waals surface area contributed by atoms with Gasteiger partial charge in [0.15, 0.2) is 18.1 Å². The van der Waals surface area contributed by atoms with Gasteiger partial charge in [-0.3, -0.25) is 4.79 Å². The van der Waals surface area contributed by atoms with Gasteiger partial charge in [0.25, 0.3) is 5.91 Å². The number of primary amides is 1. The minimum absolute atomic E-state index is 0.137. The van der Waals surface area contributed by atoms with Crippen LogP contribution in [0.4, 0.5) is 0 Å². The number of carbonyl (C=O) groups excluding carboxylic acids is 1. The van der Waals surface area contributed by atoms with E-state index in [1.54, 1.807) is 7.11 Å². The summed E-state index contributed by atoms with van der Waals surface area (Å²) in [6.07, 6.45) is 2.36. The highest BCUT2D eigenvalue weighted by molar-refractivity contribution is 5.75. The van der Waals surface area contributed by atoms with E-state index in [0.717, 1.165) is 18.7 Å². The first-order valence-electron chi connectivity index (χ1n) is 6.57. The van der Waals surface area contributed by atoms with Crippen molar-refractivity contribution in [3.8, 4) is 11.5 Å². The van der Waals surface area contributed by atoms with Gasteiger partial charge in [-0.2, -0.15) is 0 Å². The van der Waals surface area contributed by atoms with E-state index in [1.807, 2.05) is 18.2 Å². The van der Waals surface area contributed by atoms with E-state index in [1.165, 1.54) is 12.8 Å². The van der Waals surface area contributed by atoms with Gasteiger partial charge in [0, 0.05) is 0 Å². The number of amides is 1. The molecule has 1 amide bonds. The largest absolute Gasteiger partial charge is 0.493 e. The Morgan fingerprint density at radius 1 is 1.42 bits per heavy atom. The van der Waals surface area contributed by atoms with Crippen LogP contribution in [-0.4, -0.2) is 26.2 Å². The van der Waals surface area contributed by atoms with Crippen molar-refractivity contribution in [1.82, 2.24) is 0 Å². The average molecular weight is 267 g/mol. The van der Waals surface area contributed by atoms with E-state index in [-0.39, 0.29) is 6.61 Å². The summed E-state index contributed by atoms with van der Waals surface area (Å²) in [6.45, 7) is 3.90. The summed E-state index contributed by atoms with van der Waals surface area (Å²) < 4.78 is 10.7. The highest BCUT2D eigenvalue weighted by atomic mass is 16.5. The van der Waals surface area contributed by atoms with Crippen LogP contribution >= 0.6 is 0 Å². The number of methoxy groups -OCH3 is 1. The number of rotatable bonds is 9. The predicted octanol–water partition coefficient (Wildman–Crippen LogP) is 0.423. The number of hydrogen-bond acceptors (Lipinski definition) is 3. The molecule has 1 aromatic rings. The van der Waals surface area contributed by atoms with Crippen LogP contribution in [0.5, 0.6) is 11.5 Å². The maximum Gasteiger partial charge on any atom is 0.255 e. The minimum Gasteiger partial charge on any atom is -0.493 e. The smallest absolute Gasteiger partial charge is 0.255 e. The molecule has 0 radical (unpaired) electrons. The Bertz CT molecular complexity index is 408. The molecule has 0 saturated heterocycles. The van der Waals surface area contributed by atoms with E-state index < -0.39 is 5.91 Å². The molecular weight excluding hydrogens is 244 g/mol. The molecule has 0 fully saturated rings. The van der Waals surface area contributed by atoms with E-state index in [4.69, 9.17) is 15.2 Å². The zero-order valence-corrected chi connectivity index (χ0v) is 11.6. The van der Waals surface area contributed by atoms with Gasteiger partial charge in [-0.25, -0.2) is 0 Å². The van der Waals surface area contributed by atoms with Gasteiger partial charge in [0.1, 0.15) is 6.54 Å². The number of unbranched alkanes of at least 4 members (excludes halogenated alkanes) is 1. The maximum atomic E-state index is 10.8. The summed E-state index contributed by atoms with van der Waals surface area (Å²) in [7, 11) is 1.58. The van der Waals surface area contributed by atoms with E-state index in [9.17, 15) is 4.79 Å². The second kappa shape index (κ2) is 8.37. The molecule has 0 bridgehead atoms. The average Bonchev–Trinajstić information content (AvgIpc) is 2.41. The fourth-order valence-electron chi connectivity index (χ4n) is 1.80. The van der Waals surface area contributed by atoms with Crippen molar-refractivity contribution < 1.29 is 19.6 Å². The third-order valence-electron chi connectivity index (χ3n) is 2.77. The molecule has 0 aliphatic heterocycles. The molecule has 0 heterocycles. The normalized spacial score (nSPS) is 10.2. The van der Waals surface area contributed by atoms with E-state index >= 15 is 0 Å². The van der Waals surface area contributed by atoms with Crippen LogP contribution in [0.3, 0.4) is 0 Å². The van der Waals surface area contributed by atoms with Crippen molar-refractivity contribution in [2.24, 2.45) is 5.73 Å². The topological polar surface area (TPSA) is 78.2 Å². The number of carbonyl (C=O) groups is 1. The van der Waals surface area contributed by atoms with Crippen molar-refractivity contribution in [1.29, 1.82) is 0 Å². The van der Waals surface area contributed by atoms with Crippen LogP contribution in [0.1, 0.15) is 25.3 Å². The standard InChI is InChI=1S/C14H22N2O3/c1-3-4-8-16-9-11-6-5-7-12(18-2)14(11)19-10-13(15)17/h5-7,16H,3-4,8-10H2,1-2H3,(H2,15,17)/p+1. The molecule has 5 nitrogen and oxygen atoms in total. The lowest BCUT2D eigenvalue weighted by molar-refractivity contribution is -0.671. The molecule has 0 aliphatic carbocycles. The first-order chi connectivity index (χ1) is 9.19. The zero-order valence-electron chi connectivity index (χ0n) is 11.6. The Kier molecular flexibility index (Phi) is 6.74. The van der Waals surface area contributed by atoms with Gasteiger partial charge in [0.2, 0.25) is 0 Å². The van der Waals surface area contributed by atoms with E-state index in [0.29, 0.717) is 11.5 Å². The van der Waals surface area contributed by atoms with Crippen molar-refractivity contribution in [2.75, 3.05) is 20.3 Å². The number of quaternary nitrogens is 1. The zero-order chi connectivity index (χ0) is 14.1. The van der Waals surface area contributed by atoms with Crippen molar-refractivity contribution in [3.05, 3.63) is 23.8 Å². The fraction of sp³-hybridized carbons (Fsp3) is 0.500. The fourth-order valence-corrected chi connectivity index (χ4v) is 1.80. The Balaban J connectivity index is 2.73. The second-order valence-electron chi connectivity index (χ2n) is 4.34. The number of para-hydroxylation sites is 1. The number of ether oxygens (including phenoxy) is 2. The number of benzene rings is 1. The van der Waals surface area contributed by atoms with Crippen LogP contribution in [-0.2, 0) is 11.3 Å². The highest BCUT2D eigenvalue weighted by Crippen LogP contribution is 2.30. The van der Waals surface area contributed by atoms with Crippen molar-refractivity contribution >= 4 is 5.91 Å². The lowest BCUT2D eigenvalue weighted by Gasteiger charge is -2.13. The van der Waals surface area contributed by atoms with Crippen molar-refractivity contribution in [3.63, 3.8) is 0 Å². The van der Waals surface area contributed by atoms with Gasteiger partial charge in [-0.05, 0) is 18.6 Å². The summed E-state index contributed by atoms with van der Waals surface area (Å²) in [5, 5.41) is 2.22. The van der Waals surface area contributed by atoms with Crippen LogP contribution in [0, 0.1) is 0 Å². The summed E-state index contributed by atoms with van der Waals surface area (Å²) in [6, 6.07) is 5.70. The lowest BCUT2D eigenvalue weighted by Crippen LogP contribution is -2.82. The maximum absolute atomic E-state index is 10.8. The molecule has 5 heteroatoms. The van der Waals surface area contributed by atoms with Crippen LogP contribution in [0.25, 0.3) is 0 Å². The van der Waals surface area contributed by atoms with Crippen LogP contribution in [0.15, 0.2) is 18.2 Å². The molecule has 1 aromatic carbocycles. The molecule has 0 aromatic heterocycles. The Morgan fingerprint density at radius 2 is 2.21 bits per heavy atom. The minimum atomic E-state index is -0.494. The number of nitrogens with two attached hydrogens (primary N) is 2. The first-order valence-corrected chi connectivity index (χ1v) is 6.57. The molecule has 0 spiro atoms. The quantitative estimate of drug-likeness (QED) is 0.637. The molecule has 19 heavy (non-hydrogen) atoms. The molecule has 0 atom stereocenters. The summed E-state index contributed by atoms with van der Waals surface area (Å²) in [5.41, 5.74) is 6.12. The Morgan fingerprint density at radius 3 is 2.84 bits per heavy atom. The van der Waals surface area contributed by atoms with Gasteiger partial charge in [-0.15, -0.1) is 0 Å². The summed E-state index contributed by atoms with van der Waals surface area (Å²) in [5.74, 6) is 0.742. The highest BCUT2D eigenvalue weighted by Gasteiger charge is 2.12.